The standard InChI is InChI=1S/C10H13ClN4O2/c1-13-2-4-14(5-3-13)10-9(15(16)17)6-8(11)7-12-10/h6-7H,2-5H2,1H3. The van der Waals surface area contributed by atoms with Crippen LogP contribution in [0.5, 0.6) is 0 Å². The van der Waals surface area contributed by atoms with Gasteiger partial charge in [0.25, 0.3) is 0 Å². The van der Waals surface area contributed by atoms with E-state index in [9.17, 15) is 10.1 Å². The lowest BCUT2D eigenvalue weighted by molar-refractivity contribution is -0.384. The molecule has 0 atom stereocenters. The largest absolute Gasteiger partial charge is 0.348 e. The molecule has 1 aliphatic rings. The van der Waals surface area contributed by atoms with Gasteiger partial charge in [0.1, 0.15) is 0 Å². The first kappa shape index (κ1) is 12.1. The van der Waals surface area contributed by atoms with Gasteiger partial charge in [0, 0.05) is 38.4 Å². The molecule has 1 aliphatic heterocycles. The van der Waals surface area contributed by atoms with Crippen molar-refractivity contribution in [2.45, 2.75) is 0 Å². The molecule has 0 saturated carbocycles. The Morgan fingerprint density at radius 3 is 2.65 bits per heavy atom. The molecule has 0 aliphatic carbocycles. The van der Waals surface area contributed by atoms with Crippen LogP contribution in [-0.4, -0.2) is 48.0 Å². The first-order valence-corrected chi connectivity index (χ1v) is 5.69. The molecule has 1 fully saturated rings. The van der Waals surface area contributed by atoms with Crippen LogP contribution in [0.4, 0.5) is 11.5 Å². The number of halogens is 1. The maximum Gasteiger partial charge on any atom is 0.313 e. The Kier molecular flexibility index (Phi) is 3.44. The molecular formula is C10H13ClN4O2. The summed E-state index contributed by atoms with van der Waals surface area (Å²) in [6.45, 7) is 3.24. The Balaban J connectivity index is 2.28. The van der Waals surface area contributed by atoms with Crippen molar-refractivity contribution in [1.29, 1.82) is 0 Å². The summed E-state index contributed by atoms with van der Waals surface area (Å²) in [6.07, 6.45) is 1.45. The minimum absolute atomic E-state index is 0.0259. The number of nitro groups is 1. The van der Waals surface area contributed by atoms with Crippen LogP contribution in [0.1, 0.15) is 0 Å². The molecule has 0 amide bonds. The van der Waals surface area contributed by atoms with Gasteiger partial charge in [-0.2, -0.15) is 0 Å². The van der Waals surface area contributed by atoms with Gasteiger partial charge in [0.15, 0.2) is 0 Å². The Labute approximate surface area is 104 Å². The van der Waals surface area contributed by atoms with Crippen LogP contribution >= 0.6 is 11.6 Å². The summed E-state index contributed by atoms with van der Waals surface area (Å²) in [5.74, 6) is 0.410. The average Bonchev–Trinajstić information content (AvgIpc) is 2.30. The van der Waals surface area contributed by atoms with Crippen molar-refractivity contribution in [3.05, 3.63) is 27.4 Å². The molecule has 1 aromatic rings. The highest BCUT2D eigenvalue weighted by Crippen LogP contribution is 2.28. The van der Waals surface area contributed by atoms with Crippen molar-refractivity contribution in [3.63, 3.8) is 0 Å². The van der Waals surface area contributed by atoms with E-state index in [0.717, 1.165) is 26.2 Å². The summed E-state index contributed by atoms with van der Waals surface area (Å²) in [6, 6.07) is 1.35. The summed E-state index contributed by atoms with van der Waals surface area (Å²) >= 11 is 5.73. The predicted octanol–water partition coefficient (Wildman–Crippen LogP) is 1.39. The lowest BCUT2D eigenvalue weighted by Crippen LogP contribution is -2.45. The summed E-state index contributed by atoms with van der Waals surface area (Å²) < 4.78 is 0. The van der Waals surface area contributed by atoms with Gasteiger partial charge >= 0.3 is 5.69 Å². The van der Waals surface area contributed by atoms with Gasteiger partial charge in [-0.1, -0.05) is 11.6 Å². The number of nitrogens with zero attached hydrogens (tertiary/aromatic N) is 4. The number of piperazine rings is 1. The molecule has 7 heteroatoms. The number of hydrogen-bond donors (Lipinski definition) is 0. The van der Waals surface area contributed by atoms with E-state index >= 15 is 0 Å². The fraction of sp³-hybridized carbons (Fsp3) is 0.500. The van der Waals surface area contributed by atoms with Crippen LogP contribution in [0.25, 0.3) is 0 Å². The normalized spacial score (nSPS) is 17.2. The molecule has 92 valence electrons. The smallest absolute Gasteiger partial charge is 0.313 e. The highest BCUT2D eigenvalue weighted by Gasteiger charge is 2.24. The molecule has 6 nitrogen and oxygen atoms in total. The second-order valence-electron chi connectivity index (χ2n) is 4.04. The molecule has 2 heterocycles. The third-order valence-electron chi connectivity index (χ3n) is 2.81. The van der Waals surface area contributed by atoms with Gasteiger partial charge in [0.05, 0.1) is 9.95 Å². The number of pyridine rings is 1. The second kappa shape index (κ2) is 4.85. The van der Waals surface area contributed by atoms with Crippen LogP contribution in [0.3, 0.4) is 0 Å². The van der Waals surface area contributed by atoms with Crippen molar-refractivity contribution in [2.24, 2.45) is 0 Å². The molecular weight excluding hydrogens is 244 g/mol. The quantitative estimate of drug-likeness (QED) is 0.591. The molecule has 17 heavy (non-hydrogen) atoms. The van der Waals surface area contributed by atoms with Gasteiger partial charge in [0.2, 0.25) is 5.82 Å². The number of aromatic nitrogens is 1. The lowest BCUT2D eigenvalue weighted by Gasteiger charge is -2.32. The molecule has 0 bridgehead atoms. The maximum atomic E-state index is 11.0. The number of rotatable bonds is 2. The van der Waals surface area contributed by atoms with E-state index in [1.807, 2.05) is 11.9 Å². The Morgan fingerprint density at radius 1 is 1.41 bits per heavy atom. The average molecular weight is 257 g/mol. The van der Waals surface area contributed by atoms with Crippen LogP contribution in [0.2, 0.25) is 5.02 Å². The summed E-state index contributed by atoms with van der Waals surface area (Å²) in [5.41, 5.74) is -0.0259. The monoisotopic (exact) mass is 256 g/mol. The summed E-state index contributed by atoms with van der Waals surface area (Å²) in [7, 11) is 2.03. The van der Waals surface area contributed by atoms with E-state index in [4.69, 9.17) is 11.6 Å². The number of hydrogen-bond acceptors (Lipinski definition) is 5. The fourth-order valence-corrected chi connectivity index (χ4v) is 1.97. The molecule has 1 aromatic heterocycles. The molecule has 0 aromatic carbocycles. The highest BCUT2D eigenvalue weighted by atomic mass is 35.5. The fourth-order valence-electron chi connectivity index (χ4n) is 1.82. The minimum atomic E-state index is -0.438. The molecule has 1 saturated heterocycles. The topological polar surface area (TPSA) is 62.5 Å². The Morgan fingerprint density at radius 2 is 2.06 bits per heavy atom. The Hall–Kier alpha value is -1.40. The van der Waals surface area contributed by atoms with E-state index < -0.39 is 4.92 Å². The van der Waals surface area contributed by atoms with Crippen LogP contribution in [0.15, 0.2) is 12.3 Å². The van der Waals surface area contributed by atoms with E-state index in [1.165, 1.54) is 12.3 Å². The van der Waals surface area contributed by atoms with Gasteiger partial charge in [-0.25, -0.2) is 4.98 Å². The van der Waals surface area contributed by atoms with Crippen molar-refractivity contribution < 1.29 is 4.92 Å². The van der Waals surface area contributed by atoms with E-state index in [1.54, 1.807) is 0 Å². The van der Waals surface area contributed by atoms with Crippen molar-refractivity contribution in [2.75, 3.05) is 38.1 Å². The first-order chi connectivity index (χ1) is 8.08. The first-order valence-electron chi connectivity index (χ1n) is 5.31. The third-order valence-corrected chi connectivity index (χ3v) is 3.02. The van der Waals surface area contributed by atoms with Crippen molar-refractivity contribution >= 4 is 23.1 Å². The SMILES string of the molecule is CN1CCN(c2ncc(Cl)cc2[N+](=O)[O-])CC1. The summed E-state index contributed by atoms with van der Waals surface area (Å²) in [4.78, 5) is 18.7. The lowest BCUT2D eigenvalue weighted by atomic mass is 10.3. The number of anilines is 1. The molecule has 0 radical (unpaired) electrons. The van der Waals surface area contributed by atoms with Gasteiger partial charge in [-0.05, 0) is 7.05 Å². The van der Waals surface area contributed by atoms with Crippen LogP contribution < -0.4 is 4.90 Å². The predicted molar refractivity (Wildman–Crippen MR) is 65.6 cm³/mol. The molecule has 0 unspecified atom stereocenters. The van der Waals surface area contributed by atoms with Crippen LogP contribution in [-0.2, 0) is 0 Å². The maximum absolute atomic E-state index is 11.0. The third kappa shape index (κ3) is 2.65. The molecule has 0 spiro atoms. The zero-order valence-corrected chi connectivity index (χ0v) is 10.2. The minimum Gasteiger partial charge on any atom is -0.348 e. The summed E-state index contributed by atoms with van der Waals surface area (Å²) in [5, 5.41) is 11.2. The highest BCUT2D eigenvalue weighted by molar-refractivity contribution is 6.30. The van der Waals surface area contributed by atoms with E-state index in [0.29, 0.717) is 5.82 Å². The van der Waals surface area contributed by atoms with Gasteiger partial charge in [-0.3, -0.25) is 10.1 Å². The van der Waals surface area contributed by atoms with Crippen LogP contribution in [0, 0.1) is 10.1 Å². The zero-order chi connectivity index (χ0) is 12.4. The van der Waals surface area contributed by atoms with E-state index in [2.05, 4.69) is 9.88 Å². The molecule has 2 rings (SSSR count). The van der Waals surface area contributed by atoms with Gasteiger partial charge < -0.3 is 9.80 Å². The zero-order valence-electron chi connectivity index (χ0n) is 9.47. The van der Waals surface area contributed by atoms with E-state index in [-0.39, 0.29) is 10.7 Å². The van der Waals surface area contributed by atoms with Crippen molar-refractivity contribution in [3.8, 4) is 0 Å². The van der Waals surface area contributed by atoms with Crippen molar-refractivity contribution in [1.82, 2.24) is 9.88 Å². The second-order valence-corrected chi connectivity index (χ2v) is 4.48. The number of likely N-dealkylation sites (N-methyl/N-ethyl adjacent to an activating group) is 1. The Bertz CT molecular complexity index is 432. The van der Waals surface area contributed by atoms with Gasteiger partial charge in [-0.15, -0.1) is 0 Å². The molecule has 0 N–H and O–H groups in total.